The summed E-state index contributed by atoms with van der Waals surface area (Å²) >= 11 is 0. The van der Waals surface area contributed by atoms with E-state index in [1.165, 1.54) is 18.2 Å². The summed E-state index contributed by atoms with van der Waals surface area (Å²) in [5, 5.41) is 5.73. The largest absolute Gasteiger partial charge is 0.573 e. The summed E-state index contributed by atoms with van der Waals surface area (Å²) < 4.78 is 40.8. The van der Waals surface area contributed by atoms with E-state index in [1.54, 1.807) is 6.07 Å². The van der Waals surface area contributed by atoms with Gasteiger partial charge in [-0.3, -0.25) is 4.79 Å². The van der Waals surface area contributed by atoms with E-state index in [0.717, 1.165) is 25.8 Å². The summed E-state index contributed by atoms with van der Waals surface area (Å²) in [7, 11) is 0. The Morgan fingerprint density at radius 2 is 2.10 bits per heavy atom. The molecular formula is C14H17F3N2O2. The van der Waals surface area contributed by atoms with Gasteiger partial charge in [0.2, 0.25) is 5.91 Å². The van der Waals surface area contributed by atoms with E-state index < -0.39 is 6.36 Å². The Labute approximate surface area is 120 Å². The number of piperidine rings is 1. The highest BCUT2D eigenvalue weighted by atomic mass is 19.4. The molecule has 1 amide bonds. The van der Waals surface area contributed by atoms with Crippen LogP contribution in [0.15, 0.2) is 24.3 Å². The topological polar surface area (TPSA) is 50.4 Å². The number of amides is 1. The van der Waals surface area contributed by atoms with Gasteiger partial charge in [-0.1, -0.05) is 24.6 Å². The molecule has 1 atom stereocenters. The quantitative estimate of drug-likeness (QED) is 0.897. The minimum atomic E-state index is -4.75. The lowest BCUT2D eigenvalue weighted by molar-refractivity contribution is -0.274. The number of carbonyl (C=O) groups is 1. The van der Waals surface area contributed by atoms with E-state index in [-0.39, 0.29) is 24.2 Å². The van der Waals surface area contributed by atoms with Gasteiger partial charge < -0.3 is 15.4 Å². The average Bonchev–Trinajstić information content (AvgIpc) is 2.45. The molecule has 7 heteroatoms. The van der Waals surface area contributed by atoms with Gasteiger partial charge in [-0.25, -0.2) is 0 Å². The maximum atomic E-state index is 12.3. The maximum Gasteiger partial charge on any atom is 0.573 e. The fourth-order valence-electron chi connectivity index (χ4n) is 2.26. The first-order chi connectivity index (χ1) is 9.96. The zero-order chi connectivity index (χ0) is 15.3. The van der Waals surface area contributed by atoms with Crippen LogP contribution in [-0.2, 0) is 11.3 Å². The van der Waals surface area contributed by atoms with Crippen LogP contribution < -0.4 is 15.4 Å². The lowest BCUT2D eigenvalue weighted by Crippen LogP contribution is -2.46. The molecule has 21 heavy (non-hydrogen) atoms. The number of ether oxygens (including phenoxy) is 1. The number of carbonyl (C=O) groups excluding carboxylic acids is 1. The van der Waals surface area contributed by atoms with Gasteiger partial charge in [0.25, 0.3) is 0 Å². The molecule has 0 spiro atoms. The van der Waals surface area contributed by atoms with E-state index in [1.807, 2.05) is 0 Å². The molecule has 1 aromatic carbocycles. The predicted molar refractivity (Wildman–Crippen MR) is 70.6 cm³/mol. The fraction of sp³-hybridized carbons (Fsp3) is 0.500. The number of hydrogen-bond donors (Lipinski definition) is 2. The first-order valence-electron chi connectivity index (χ1n) is 6.80. The molecule has 1 saturated heterocycles. The summed E-state index contributed by atoms with van der Waals surface area (Å²) in [5.41, 5.74) is 0.291. The van der Waals surface area contributed by atoms with Crippen LogP contribution >= 0.6 is 0 Å². The van der Waals surface area contributed by atoms with Crippen LogP contribution in [0, 0.1) is 0 Å². The minimum Gasteiger partial charge on any atom is -0.405 e. The fourth-order valence-corrected chi connectivity index (χ4v) is 2.26. The molecule has 1 aliphatic rings. The number of rotatable bonds is 4. The summed E-state index contributed by atoms with van der Waals surface area (Å²) in [6, 6.07) is 5.51. The highest BCUT2D eigenvalue weighted by molar-refractivity contribution is 5.81. The minimum absolute atomic E-state index is 0.00324. The molecule has 2 rings (SSSR count). The first-order valence-corrected chi connectivity index (χ1v) is 6.80. The molecule has 1 aromatic rings. The number of nitrogens with one attached hydrogen (secondary N) is 2. The van der Waals surface area contributed by atoms with E-state index >= 15 is 0 Å². The lowest BCUT2D eigenvalue weighted by Gasteiger charge is -2.22. The zero-order valence-corrected chi connectivity index (χ0v) is 11.4. The summed E-state index contributed by atoms with van der Waals surface area (Å²) in [4.78, 5) is 11.9. The van der Waals surface area contributed by atoms with Crippen molar-refractivity contribution in [2.24, 2.45) is 0 Å². The van der Waals surface area contributed by atoms with E-state index in [0.29, 0.717) is 5.56 Å². The summed E-state index contributed by atoms with van der Waals surface area (Å²) in [6.07, 6.45) is -2.00. The molecule has 1 aliphatic heterocycles. The van der Waals surface area contributed by atoms with Crippen molar-refractivity contribution in [2.45, 2.75) is 38.2 Å². The van der Waals surface area contributed by atoms with Gasteiger partial charge in [0.15, 0.2) is 0 Å². The first kappa shape index (κ1) is 15.6. The summed E-state index contributed by atoms with van der Waals surface area (Å²) in [5.74, 6) is -0.488. The van der Waals surface area contributed by atoms with Crippen molar-refractivity contribution >= 4 is 5.91 Å². The van der Waals surface area contributed by atoms with Gasteiger partial charge in [0.05, 0.1) is 6.04 Å². The Bertz CT molecular complexity index is 485. The molecule has 2 N–H and O–H groups in total. The predicted octanol–water partition coefficient (Wildman–Crippen LogP) is 2.34. The summed E-state index contributed by atoms with van der Waals surface area (Å²) in [6.45, 7) is 0.787. The third-order valence-corrected chi connectivity index (χ3v) is 3.28. The highest BCUT2D eigenvalue weighted by Crippen LogP contribution is 2.26. The van der Waals surface area contributed by atoms with Gasteiger partial charge in [-0.05, 0) is 25.5 Å². The van der Waals surface area contributed by atoms with Crippen molar-refractivity contribution in [1.82, 2.24) is 10.6 Å². The van der Waals surface area contributed by atoms with E-state index in [9.17, 15) is 18.0 Å². The van der Waals surface area contributed by atoms with Crippen LogP contribution in [-0.4, -0.2) is 24.9 Å². The normalized spacial score (nSPS) is 19.1. The second-order valence-electron chi connectivity index (χ2n) is 4.88. The van der Waals surface area contributed by atoms with Gasteiger partial charge in [0.1, 0.15) is 5.75 Å². The van der Waals surface area contributed by atoms with Crippen LogP contribution in [0.3, 0.4) is 0 Å². The molecular weight excluding hydrogens is 285 g/mol. The molecule has 1 heterocycles. The van der Waals surface area contributed by atoms with Crippen LogP contribution in [0.5, 0.6) is 5.75 Å². The van der Waals surface area contributed by atoms with Gasteiger partial charge in [0, 0.05) is 12.1 Å². The van der Waals surface area contributed by atoms with E-state index in [4.69, 9.17) is 0 Å². The Hall–Kier alpha value is -1.76. The van der Waals surface area contributed by atoms with Crippen LogP contribution in [0.1, 0.15) is 24.8 Å². The smallest absolute Gasteiger partial charge is 0.405 e. The number of benzene rings is 1. The van der Waals surface area contributed by atoms with Crippen molar-refractivity contribution < 1.29 is 22.7 Å². The SMILES string of the molecule is O=C(NCc1ccccc1OC(F)(F)F)C1CCCCN1. The average molecular weight is 302 g/mol. The highest BCUT2D eigenvalue weighted by Gasteiger charge is 2.32. The van der Waals surface area contributed by atoms with Crippen molar-refractivity contribution in [3.05, 3.63) is 29.8 Å². The number of hydrogen-bond acceptors (Lipinski definition) is 3. The van der Waals surface area contributed by atoms with Crippen LogP contribution in [0.2, 0.25) is 0 Å². The van der Waals surface area contributed by atoms with Crippen molar-refractivity contribution in [3.8, 4) is 5.75 Å². The van der Waals surface area contributed by atoms with Crippen LogP contribution in [0.25, 0.3) is 0 Å². The van der Waals surface area contributed by atoms with Crippen molar-refractivity contribution in [2.75, 3.05) is 6.54 Å². The molecule has 0 bridgehead atoms. The number of para-hydroxylation sites is 1. The van der Waals surface area contributed by atoms with E-state index in [2.05, 4.69) is 15.4 Å². The lowest BCUT2D eigenvalue weighted by atomic mass is 10.0. The Kier molecular flexibility index (Phi) is 5.06. The van der Waals surface area contributed by atoms with Gasteiger partial charge in [-0.2, -0.15) is 0 Å². The van der Waals surface area contributed by atoms with Crippen molar-refractivity contribution in [1.29, 1.82) is 0 Å². The maximum absolute atomic E-state index is 12.3. The van der Waals surface area contributed by atoms with Gasteiger partial charge in [-0.15, -0.1) is 13.2 Å². The number of alkyl halides is 3. The zero-order valence-electron chi connectivity index (χ0n) is 11.4. The third-order valence-electron chi connectivity index (χ3n) is 3.28. The molecule has 116 valence electrons. The molecule has 1 unspecified atom stereocenters. The molecule has 1 fully saturated rings. The molecule has 0 saturated carbocycles. The molecule has 0 aliphatic carbocycles. The third kappa shape index (κ3) is 4.93. The second kappa shape index (κ2) is 6.80. The Morgan fingerprint density at radius 3 is 2.76 bits per heavy atom. The van der Waals surface area contributed by atoms with Crippen molar-refractivity contribution in [3.63, 3.8) is 0 Å². The monoisotopic (exact) mass is 302 g/mol. The molecule has 0 radical (unpaired) electrons. The standard InChI is InChI=1S/C14H17F3N2O2/c15-14(16,17)21-12-7-2-1-5-10(12)9-19-13(20)11-6-3-4-8-18-11/h1-2,5,7,11,18H,3-4,6,8-9H2,(H,19,20). The number of halogens is 3. The Balaban J connectivity index is 1.94. The van der Waals surface area contributed by atoms with Crippen LogP contribution in [0.4, 0.5) is 13.2 Å². The molecule has 0 aromatic heterocycles. The second-order valence-corrected chi connectivity index (χ2v) is 4.88. The van der Waals surface area contributed by atoms with Gasteiger partial charge >= 0.3 is 6.36 Å². The molecule has 4 nitrogen and oxygen atoms in total. The Morgan fingerprint density at radius 1 is 1.33 bits per heavy atom.